The minimum atomic E-state index is -3.58. The van der Waals surface area contributed by atoms with Crippen LogP contribution in [0, 0.1) is 0 Å². The van der Waals surface area contributed by atoms with E-state index in [-0.39, 0.29) is 11.5 Å². The lowest BCUT2D eigenvalue weighted by atomic mass is 9.97. The van der Waals surface area contributed by atoms with Crippen molar-refractivity contribution < 1.29 is 18.3 Å². The zero-order valence-electron chi connectivity index (χ0n) is 10.3. The van der Waals surface area contributed by atoms with Crippen LogP contribution < -0.4 is 4.72 Å². The van der Waals surface area contributed by atoms with Crippen molar-refractivity contribution in [2.75, 3.05) is 13.2 Å². The number of aliphatic hydroxyl groups is 1. The fourth-order valence-corrected chi connectivity index (χ4v) is 3.50. The first-order valence-corrected chi connectivity index (χ1v) is 7.33. The molecule has 0 radical (unpaired) electrons. The Labute approximate surface area is 106 Å². The molecule has 1 unspecified atom stereocenters. The third-order valence-electron chi connectivity index (χ3n) is 3.02. The smallest absolute Gasteiger partial charge is 0.242 e. The van der Waals surface area contributed by atoms with Gasteiger partial charge in [0.25, 0.3) is 0 Å². The van der Waals surface area contributed by atoms with Gasteiger partial charge in [-0.15, -0.1) is 0 Å². The van der Waals surface area contributed by atoms with Crippen molar-refractivity contribution in [2.45, 2.75) is 36.8 Å². The Morgan fingerprint density at radius 1 is 1.61 bits per heavy atom. The minimum Gasteiger partial charge on any atom is -0.390 e. The summed E-state index contributed by atoms with van der Waals surface area (Å²) >= 11 is 0. The van der Waals surface area contributed by atoms with Crippen LogP contribution in [0.2, 0.25) is 0 Å². The first kappa shape index (κ1) is 13.5. The molecular formula is C11H18N2O4S. The van der Waals surface area contributed by atoms with Crippen LogP contribution in [0.15, 0.2) is 17.2 Å². The summed E-state index contributed by atoms with van der Waals surface area (Å²) in [5, 5.41) is 8.92. The second-order valence-electron chi connectivity index (χ2n) is 4.84. The number of aromatic nitrogens is 1. The zero-order chi connectivity index (χ0) is 13.2. The summed E-state index contributed by atoms with van der Waals surface area (Å²) in [5.74, 6) is 0. The predicted molar refractivity (Wildman–Crippen MR) is 65.5 cm³/mol. The average Bonchev–Trinajstić information content (AvgIpc) is 2.77. The van der Waals surface area contributed by atoms with E-state index in [1.165, 1.54) is 12.3 Å². The number of sulfonamides is 1. The summed E-state index contributed by atoms with van der Waals surface area (Å²) in [4.78, 5) is 2.85. The SMILES string of the molecule is CC1(NS(=O)(=O)c2c[nH]c(CO)c2)CCCOC1. The maximum Gasteiger partial charge on any atom is 0.242 e. The molecule has 1 aliphatic heterocycles. The summed E-state index contributed by atoms with van der Waals surface area (Å²) in [6, 6.07) is 1.43. The van der Waals surface area contributed by atoms with Crippen molar-refractivity contribution >= 4 is 10.0 Å². The van der Waals surface area contributed by atoms with Crippen molar-refractivity contribution in [1.29, 1.82) is 0 Å². The van der Waals surface area contributed by atoms with E-state index in [0.29, 0.717) is 18.9 Å². The monoisotopic (exact) mass is 274 g/mol. The van der Waals surface area contributed by atoms with Gasteiger partial charge in [0.05, 0.1) is 23.6 Å². The Kier molecular flexibility index (Phi) is 3.76. The van der Waals surface area contributed by atoms with Crippen LogP contribution in [-0.2, 0) is 21.4 Å². The van der Waals surface area contributed by atoms with E-state index < -0.39 is 15.6 Å². The Morgan fingerprint density at radius 3 is 2.94 bits per heavy atom. The number of aromatic amines is 1. The Bertz CT molecular complexity index is 503. The first-order valence-electron chi connectivity index (χ1n) is 5.85. The number of ether oxygens (including phenoxy) is 1. The largest absolute Gasteiger partial charge is 0.390 e. The topological polar surface area (TPSA) is 91.4 Å². The van der Waals surface area contributed by atoms with Gasteiger partial charge in [-0.2, -0.15) is 0 Å². The standard InChI is InChI=1S/C11H18N2O4S/c1-11(3-2-4-17-8-11)13-18(15,16)10-5-9(7-14)12-6-10/h5-6,12-14H,2-4,7-8H2,1H3. The van der Waals surface area contributed by atoms with Gasteiger partial charge in [0.15, 0.2) is 0 Å². The lowest BCUT2D eigenvalue weighted by Gasteiger charge is -2.33. The molecular weight excluding hydrogens is 256 g/mol. The van der Waals surface area contributed by atoms with E-state index >= 15 is 0 Å². The zero-order valence-corrected chi connectivity index (χ0v) is 11.1. The summed E-state index contributed by atoms with van der Waals surface area (Å²) in [5.41, 5.74) is -0.0892. The molecule has 0 aromatic carbocycles. The van der Waals surface area contributed by atoms with E-state index in [2.05, 4.69) is 9.71 Å². The highest BCUT2D eigenvalue weighted by Crippen LogP contribution is 2.22. The molecule has 2 heterocycles. The van der Waals surface area contributed by atoms with Crippen LogP contribution in [0.25, 0.3) is 0 Å². The van der Waals surface area contributed by atoms with Crippen molar-refractivity contribution in [3.05, 3.63) is 18.0 Å². The van der Waals surface area contributed by atoms with Gasteiger partial charge in [0, 0.05) is 18.5 Å². The van der Waals surface area contributed by atoms with Crippen LogP contribution in [-0.4, -0.2) is 37.3 Å². The lowest BCUT2D eigenvalue weighted by Crippen LogP contribution is -2.51. The molecule has 3 N–H and O–H groups in total. The van der Waals surface area contributed by atoms with E-state index in [1.54, 1.807) is 0 Å². The molecule has 1 aromatic heterocycles. The van der Waals surface area contributed by atoms with Crippen molar-refractivity contribution in [3.8, 4) is 0 Å². The summed E-state index contributed by atoms with van der Waals surface area (Å²) < 4.78 is 32.3. The highest BCUT2D eigenvalue weighted by molar-refractivity contribution is 7.89. The highest BCUT2D eigenvalue weighted by Gasteiger charge is 2.33. The van der Waals surface area contributed by atoms with Gasteiger partial charge in [0.1, 0.15) is 0 Å². The lowest BCUT2D eigenvalue weighted by molar-refractivity contribution is 0.0386. The molecule has 0 aliphatic carbocycles. The van der Waals surface area contributed by atoms with Gasteiger partial charge in [0.2, 0.25) is 10.0 Å². The van der Waals surface area contributed by atoms with E-state index in [9.17, 15) is 8.42 Å². The first-order chi connectivity index (χ1) is 8.45. The number of nitrogens with one attached hydrogen (secondary N) is 2. The summed E-state index contributed by atoms with van der Waals surface area (Å²) in [6.45, 7) is 2.68. The van der Waals surface area contributed by atoms with Crippen LogP contribution in [0.3, 0.4) is 0 Å². The molecule has 1 aliphatic rings. The van der Waals surface area contributed by atoms with E-state index in [0.717, 1.165) is 12.8 Å². The van der Waals surface area contributed by atoms with Crippen molar-refractivity contribution in [3.63, 3.8) is 0 Å². The Balaban J connectivity index is 2.16. The third-order valence-corrected chi connectivity index (χ3v) is 4.63. The van der Waals surface area contributed by atoms with Crippen LogP contribution in [0.1, 0.15) is 25.5 Å². The summed E-state index contributed by atoms with van der Waals surface area (Å²) in [6.07, 6.45) is 2.97. The number of hydrogen-bond acceptors (Lipinski definition) is 4. The fourth-order valence-electron chi connectivity index (χ4n) is 2.06. The molecule has 1 aromatic rings. The molecule has 102 valence electrons. The average molecular weight is 274 g/mol. The fraction of sp³-hybridized carbons (Fsp3) is 0.636. The van der Waals surface area contributed by atoms with Crippen LogP contribution in [0.4, 0.5) is 0 Å². The molecule has 1 saturated heterocycles. The molecule has 18 heavy (non-hydrogen) atoms. The van der Waals surface area contributed by atoms with Gasteiger partial charge in [-0.1, -0.05) is 0 Å². The molecule has 6 nitrogen and oxygen atoms in total. The molecule has 2 rings (SSSR count). The van der Waals surface area contributed by atoms with Gasteiger partial charge in [-0.05, 0) is 25.8 Å². The van der Waals surface area contributed by atoms with Gasteiger partial charge in [-0.25, -0.2) is 13.1 Å². The maximum absolute atomic E-state index is 12.2. The van der Waals surface area contributed by atoms with E-state index in [4.69, 9.17) is 9.84 Å². The minimum absolute atomic E-state index is 0.137. The second-order valence-corrected chi connectivity index (χ2v) is 6.52. The molecule has 1 atom stereocenters. The molecule has 7 heteroatoms. The quantitative estimate of drug-likeness (QED) is 0.739. The van der Waals surface area contributed by atoms with Gasteiger partial charge >= 0.3 is 0 Å². The van der Waals surface area contributed by atoms with E-state index in [1.807, 2.05) is 6.92 Å². The normalized spacial score (nSPS) is 25.2. The number of H-pyrrole nitrogens is 1. The predicted octanol–water partition coefficient (Wildman–Crippen LogP) is 0.354. The number of rotatable bonds is 4. The number of aliphatic hydroxyl groups excluding tert-OH is 1. The Hall–Kier alpha value is -0.890. The van der Waals surface area contributed by atoms with Crippen molar-refractivity contribution in [1.82, 2.24) is 9.71 Å². The van der Waals surface area contributed by atoms with Crippen LogP contribution in [0.5, 0.6) is 0 Å². The van der Waals surface area contributed by atoms with Gasteiger partial charge in [-0.3, -0.25) is 0 Å². The second kappa shape index (κ2) is 5.00. The molecule has 0 bridgehead atoms. The third kappa shape index (κ3) is 2.92. The van der Waals surface area contributed by atoms with Crippen LogP contribution >= 0.6 is 0 Å². The molecule has 0 amide bonds. The summed E-state index contributed by atoms with van der Waals surface area (Å²) in [7, 11) is -3.58. The van der Waals surface area contributed by atoms with Gasteiger partial charge < -0.3 is 14.8 Å². The Morgan fingerprint density at radius 2 is 2.39 bits per heavy atom. The number of hydrogen-bond donors (Lipinski definition) is 3. The van der Waals surface area contributed by atoms with Crippen molar-refractivity contribution in [2.24, 2.45) is 0 Å². The highest BCUT2D eigenvalue weighted by atomic mass is 32.2. The molecule has 1 fully saturated rings. The molecule has 0 saturated carbocycles. The molecule has 0 spiro atoms. The maximum atomic E-state index is 12.2.